The molecule has 0 aromatic carbocycles. The molecule has 1 aliphatic rings. The molecule has 1 aromatic heterocycles. The van der Waals surface area contributed by atoms with Gasteiger partial charge in [-0.15, -0.1) is 0 Å². The van der Waals surface area contributed by atoms with E-state index < -0.39 is 0 Å². The number of halogens is 1. The van der Waals surface area contributed by atoms with Gasteiger partial charge >= 0.3 is 5.97 Å². The number of esters is 1. The molecule has 0 atom stereocenters. The summed E-state index contributed by atoms with van der Waals surface area (Å²) >= 11 is 5.81. The molecule has 18 heavy (non-hydrogen) atoms. The highest BCUT2D eigenvalue weighted by Crippen LogP contribution is 2.23. The third-order valence-electron chi connectivity index (χ3n) is 3.03. The molecule has 0 radical (unpaired) electrons. The second-order valence-electron chi connectivity index (χ2n) is 4.21. The van der Waals surface area contributed by atoms with Crippen molar-refractivity contribution in [3.8, 4) is 0 Å². The molecule has 0 saturated carbocycles. The minimum Gasteiger partial charge on any atom is -0.466 e. The monoisotopic (exact) mass is 269 g/mol. The molecule has 0 unspecified atom stereocenters. The topological polar surface area (TPSA) is 55.3 Å². The van der Waals surface area contributed by atoms with E-state index in [1.165, 1.54) is 6.20 Å². The van der Waals surface area contributed by atoms with Gasteiger partial charge in [-0.05, 0) is 19.8 Å². The third-order valence-corrected chi connectivity index (χ3v) is 3.21. The number of carbonyl (C=O) groups is 1. The first-order chi connectivity index (χ1) is 8.70. The van der Waals surface area contributed by atoms with Crippen LogP contribution in [0.15, 0.2) is 12.4 Å². The fourth-order valence-electron chi connectivity index (χ4n) is 2.09. The Bertz CT molecular complexity index is 420. The van der Waals surface area contributed by atoms with Gasteiger partial charge in [-0.2, -0.15) is 0 Å². The maximum absolute atomic E-state index is 11.6. The molecule has 1 aromatic rings. The summed E-state index contributed by atoms with van der Waals surface area (Å²) in [5.74, 6) is 0.687. The summed E-state index contributed by atoms with van der Waals surface area (Å²) in [5, 5.41) is 0.389. The zero-order valence-corrected chi connectivity index (χ0v) is 11.1. The summed E-state index contributed by atoms with van der Waals surface area (Å²) in [4.78, 5) is 21.9. The van der Waals surface area contributed by atoms with E-state index in [0.717, 1.165) is 31.7 Å². The van der Waals surface area contributed by atoms with E-state index in [4.69, 9.17) is 16.3 Å². The maximum Gasteiger partial charge on any atom is 0.309 e. The first kappa shape index (κ1) is 13.1. The van der Waals surface area contributed by atoms with Crippen molar-refractivity contribution >= 4 is 23.4 Å². The van der Waals surface area contributed by atoms with Crippen LogP contribution in [-0.4, -0.2) is 35.6 Å². The average molecular weight is 270 g/mol. The van der Waals surface area contributed by atoms with Crippen molar-refractivity contribution in [1.82, 2.24) is 9.97 Å². The Morgan fingerprint density at radius 3 is 2.83 bits per heavy atom. The van der Waals surface area contributed by atoms with Gasteiger partial charge in [0, 0.05) is 13.1 Å². The molecular weight excluding hydrogens is 254 g/mol. The molecule has 5 nitrogen and oxygen atoms in total. The van der Waals surface area contributed by atoms with Crippen LogP contribution in [0.1, 0.15) is 19.8 Å². The van der Waals surface area contributed by atoms with Crippen molar-refractivity contribution in [2.24, 2.45) is 5.92 Å². The highest BCUT2D eigenvalue weighted by Gasteiger charge is 2.26. The van der Waals surface area contributed by atoms with Crippen molar-refractivity contribution in [1.29, 1.82) is 0 Å². The van der Waals surface area contributed by atoms with Gasteiger partial charge in [0.1, 0.15) is 11.0 Å². The number of carbonyl (C=O) groups excluding carboxylic acids is 1. The van der Waals surface area contributed by atoms with Gasteiger partial charge in [-0.3, -0.25) is 9.78 Å². The number of hydrogen-bond acceptors (Lipinski definition) is 5. The van der Waals surface area contributed by atoms with Crippen LogP contribution in [0, 0.1) is 5.92 Å². The largest absolute Gasteiger partial charge is 0.466 e. The lowest BCUT2D eigenvalue weighted by Gasteiger charge is -2.31. The first-order valence-electron chi connectivity index (χ1n) is 6.10. The summed E-state index contributed by atoms with van der Waals surface area (Å²) in [7, 11) is 0. The molecule has 1 aliphatic heterocycles. The number of nitrogens with zero attached hydrogens (tertiary/aromatic N) is 3. The van der Waals surface area contributed by atoms with Crippen molar-refractivity contribution in [3.63, 3.8) is 0 Å². The van der Waals surface area contributed by atoms with E-state index in [2.05, 4.69) is 14.9 Å². The molecule has 0 aliphatic carbocycles. The number of rotatable bonds is 3. The summed E-state index contributed by atoms with van der Waals surface area (Å²) < 4.78 is 5.03. The summed E-state index contributed by atoms with van der Waals surface area (Å²) in [5.41, 5.74) is 0. The molecule has 1 saturated heterocycles. The zero-order valence-electron chi connectivity index (χ0n) is 10.3. The van der Waals surface area contributed by atoms with Crippen LogP contribution >= 0.6 is 11.6 Å². The zero-order chi connectivity index (χ0) is 13.0. The maximum atomic E-state index is 11.6. The molecule has 98 valence electrons. The van der Waals surface area contributed by atoms with E-state index in [1.54, 1.807) is 6.20 Å². The molecule has 1 fully saturated rings. The lowest BCUT2D eigenvalue weighted by molar-refractivity contribution is -0.148. The molecule has 0 amide bonds. The Balaban J connectivity index is 1.92. The molecule has 6 heteroatoms. The number of ether oxygens (including phenoxy) is 1. The molecule has 2 rings (SSSR count). The van der Waals surface area contributed by atoms with Crippen molar-refractivity contribution in [2.75, 3.05) is 24.6 Å². The van der Waals surface area contributed by atoms with Crippen LogP contribution in [0.3, 0.4) is 0 Å². The van der Waals surface area contributed by atoms with Gasteiger partial charge in [-0.25, -0.2) is 4.98 Å². The van der Waals surface area contributed by atoms with E-state index in [1.807, 2.05) is 6.92 Å². The molecule has 2 heterocycles. The smallest absolute Gasteiger partial charge is 0.309 e. The van der Waals surface area contributed by atoms with Gasteiger partial charge in [0.15, 0.2) is 0 Å². The van der Waals surface area contributed by atoms with Crippen molar-refractivity contribution < 1.29 is 9.53 Å². The Labute approximate surface area is 111 Å². The van der Waals surface area contributed by atoms with Crippen LogP contribution in [0.4, 0.5) is 5.82 Å². The number of anilines is 1. The van der Waals surface area contributed by atoms with Crippen molar-refractivity contribution in [2.45, 2.75) is 19.8 Å². The molecule has 0 bridgehead atoms. The van der Waals surface area contributed by atoms with E-state index in [9.17, 15) is 4.79 Å². The van der Waals surface area contributed by atoms with Gasteiger partial charge in [0.25, 0.3) is 0 Å². The van der Waals surface area contributed by atoms with Gasteiger partial charge in [0.05, 0.1) is 24.9 Å². The molecular formula is C12H16ClN3O2. The lowest BCUT2D eigenvalue weighted by Crippen LogP contribution is -2.37. The van der Waals surface area contributed by atoms with Crippen LogP contribution in [-0.2, 0) is 9.53 Å². The van der Waals surface area contributed by atoms with Gasteiger partial charge in [0.2, 0.25) is 0 Å². The van der Waals surface area contributed by atoms with Gasteiger partial charge in [-0.1, -0.05) is 11.6 Å². The number of aromatic nitrogens is 2. The predicted molar refractivity (Wildman–Crippen MR) is 68.6 cm³/mol. The molecule has 0 N–H and O–H groups in total. The van der Waals surface area contributed by atoms with Crippen LogP contribution in [0.25, 0.3) is 0 Å². The highest BCUT2D eigenvalue weighted by molar-refractivity contribution is 6.29. The van der Waals surface area contributed by atoms with Crippen LogP contribution < -0.4 is 4.90 Å². The minimum atomic E-state index is -0.0886. The Morgan fingerprint density at radius 1 is 1.50 bits per heavy atom. The predicted octanol–water partition coefficient (Wildman–Crippen LogP) is 1.91. The summed E-state index contributed by atoms with van der Waals surface area (Å²) in [6.07, 6.45) is 4.77. The minimum absolute atomic E-state index is 0.00773. The second-order valence-corrected chi connectivity index (χ2v) is 4.60. The standard InChI is InChI=1S/C12H16ClN3O2/c1-2-18-12(17)9-3-5-16(6-4-9)11-8-14-7-10(13)15-11/h7-9H,2-6H2,1H3. The van der Waals surface area contributed by atoms with Crippen molar-refractivity contribution in [3.05, 3.63) is 17.5 Å². The second kappa shape index (κ2) is 6.00. The van der Waals surface area contributed by atoms with E-state index in [0.29, 0.717) is 11.8 Å². The Hall–Kier alpha value is -1.36. The van der Waals surface area contributed by atoms with E-state index in [-0.39, 0.29) is 11.9 Å². The van der Waals surface area contributed by atoms with E-state index >= 15 is 0 Å². The molecule has 0 spiro atoms. The number of hydrogen-bond donors (Lipinski definition) is 0. The van der Waals surface area contributed by atoms with Crippen LogP contribution in [0.5, 0.6) is 0 Å². The SMILES string of the molecule is CCOC(=O)C1CCN(c2cncc(Cl)n2)CC1. The average Bonchev–Trinajstić information content (AvgIpc) is 2.39. The normalized spacial score (nSPS) is 16.7. The number of piperidine rings is 1. The fourth-order valence-corrected chi connectivity index (χ4v) is 2.23. The Kier molecular flexibility index (Phi) is 4.36. The highest BCUT2D eigenvalue weighted by atomic mass is 35.5. The first-order valence-corrected chi connectivity index (χ1v) is 6.47. The lowest BCUT2D eigenvalue weighted by atomic mass is 9.97. The third kappa shape index (κ3) is 3.10. The fraction of sp³-hybridized carbons (Fsp3) is 0.583. The van der Waals surface area contributed by atoms with Crippen LogP contribution in [0.2, 0.25) is 5.15 Å². The quantitative estimate of drug-likeness (QED) is 0.785. The van der Waals surface area contributed by atoms with Gasteiger partial charge < -0.3 is 9.64 Å². The summed E-state index contributed by atoms with van der Waals surface area (Å²) in [6.45, 7) is 3.82. The Morgan fingerprint density at radius 2 is 2.22 bits per heavy atom. The summed E-state index contributed by atoms with van der Waals surface area (Å²) in [6, 6.07) is 0.